The molecule has 0 saturated carbocycles. The van der Waals surface area contributed by atoms with E-state index in [1.54, 1.807) is 0 Å². The Morgan fingerprint density at radius 1 is 1.28 bits per heavy atom. The van der Waals surface area contributed by atoms with Gasteiger partial charge >= 0.3 is 0 Å². The summed E-state index contributed by atoms with van der Waals surface area (Å²) in [6.45, 7) is 2.93. The van der Waals surface area contributed by atoms with Crippen LogP contribution >= 0.6 is 0 Å². The quantitative estimate of drug-likeness (QED) is 0.899. The molecule has 94 valence electrons. The zero-order valence-electron chi connectivity index (χ0n) is 10.2. The van der Waals surface area contributed by atoms with Gasteiger partial charge in [0.15, 0.2) is 0 Å². The zero-order valence-corrected chi connectivity index (χ0v) is 10.2. The SMILES string of the molecule is CC1OCCC1Nc1ccc(-c2nnco2)cc1. The second-order valence-electron chi connectivity index (χ2n) is 4.44. The molecule has 0 amide bonds. The van der Waals surface area contributed by atoms with E-state index in [0.29, 0.717) is 11.9 Å². The summed E-state index contributed by atoms with van der Waals surface area (Å²) in [5.41, 5.74) is 2.01. The van der Waals surface area contributed by atoms with Gasteiger partial charge < -0.3 is 14.5 Å². The van der Waals surface area contributed by atoms with Crippen LogP contribution in [0.3, 0.4) is 0 Å². The van der Waals surface area contributed by atoms with Crippen molar-refractivity contribution in [3.05, 3.63) is 30.7 Å². The molecule has 1 fully saturated rings. The van der Waals surface area contributed by atoms with Crippen LogP contribution < -0.4 is 5.32 Å². The summed E-state index contributed by atoms with van der Waals surface area (Å²) in [6, 6.07) is 8.36. The first-order chi connectivity index (χ1) is 8.83. The van der Waals surface area contributed by atoms with Crippen molar-refractivity contribution in [3.8, 4) is 11.5 Å². The first-order valence-electron chi connectivity index (χ1n) is 6.07. The molecule has 5 heteroatoms. The Labute approximate surface area is 105 Å². The summed E-state index contributed by atoms with van der Waals surface area (Å²) in [5.74, 6) is 0.541. The van der Waals surface area contributed by atoms with Crippen LogP contribution in [0.2, 0.25) is 0 Å². The van der Waals surface area contributed by atoms with Crippen LogP contribution in [0.1, 0.15) is 13.3 Å². The van der Waals surface area contributed by atoms with E-state index in [4.69, 9.17) is 9.15 Å². The summed E-state index contributed by atoms with van der Waals surface area (Å²) in [6.07, 6.45) is 2.65. The topological polar surface area (TPSA) is 60.2 Å². The Morgan fingerprint density at radius 3 is 2.72 bits per heavy atom. The molecule has 1 aromatic carbocycles. The molecule has 1 saturated heterocycles. The van der Waals surface area contributed by atoms with Gasteiger partial charge in [0.1, 0.15) is 0 Å². The third kappa shape index (κ3) is 2.22. The number of anilines is 1. The summed E-state index contributed by atoms with van der Waals surface area (Å²) in [7, 11) is 0. The Kier molecular flexibility index (Phi) is 2.98. The summed E-state index contributed by atoms with van der Waals surface area (Å²) in [5, 5.41) is 11.0. The Hall–Kier alpha value is -1.88. The lowest BCUT2D eigenvalue weighted by Crippen LogP contribution is -2.26. The molecule has 2 unspecified atom stereocenters. The monoisotopic (exact) mass is 245 g/mol. The fourth-order valence-corrected chi connectivity index (χ4v) is 2.14. The predicted octanol–water partition coefficient (Wildman–Crippen LogP) is 2.33. The van der Waals surface area contributed by atoms with E-state index >= 15 is 0 Å². The standard InChI is InChI=1S/C13H15N3O2/c1-9-12(6-7-17-9)15-11-4-2-10(3-5-11)13-16-14-8-18-13/h2-5,8-9,12,15H,6-7H2,1H3. The van der Waals surface area contributed by atoms with Gasteiger partial charge in [-0.1, -0.05) is 0 Å². The molecule has 18 heavy (non-hydrogen) atoms. The number of nitrogens with one attached hydrogen (secondary N) is 1. The Bertz CT molecular complexity index is 495. The molecule has 0 spiro atoms. The van der Waals surface area contributed by atoms with Crippen molar-refractivity contribution in [2.45, 2.75) is 25.5 Å². The number of aromatic nitrogens is 2. The summed E-state index contributed by atoms with van der Waals surface area (Å²) in [4.78, 5) is 0. The first-order valence-corrected chi connectivity index (χ1v) is 6.07. The van der Waals surface area contributed by atoms with Gasteiger partial charge in [-0.05, 0) is 37.6 Å². The molecule has 5 nitrogen and oxygen atoms in total. The van der Waals surface area contributed by atoms with Gasteiger partial charge in [0.05, 0.1) is 12.1 Å². The Morgan fingerprint density at radius 2 is 2.11 bits per heavy atom. The number of nitrogens with zero attached hydrogens (tertiary/aromatic N) is 2. The molecule has 0 aliphatic carbocycles. The number of rotatable bonds is 3. The first kappa shape index (κ1) is 11.2. The molecule has 3 rings (SSSR count). The predicted molar refractivity (Wildman–Crippen MR) is 67.2 cm³/mol. The van der Waals surface area contributed by atoms with Gasteiger partial charge in [-0.2, -0.15) is 0 Å². The largest absolute Gasteiger partial charge is 0.423 e. The van der Waals surface area contributed by atoms with Gasteiger partial charge in [0.25, 0.3) is 0 Å². The van der Waals surface area contributed by atoms with Crippen molar-refractivity contribution >= 4 is 5.69 Å². The highest BCUT2D eigenvalue weighted by Gasteiger charge is 2.23. The third-order valence-corrected chi connectivity index (χ3v) is 3.22. The third-order valence-electron chi connectivity index (χ3n) is 3.22. The van der Waals surface area contributed by atoms with Crippen LogP contribution in [-0.2, 0) is 4.74 Å². The molecule has 2 atom stereocenters. The van der Waals surface area contributed by atoms with Crippen LogP contribution in [0.5, 0.6) is 0 Å². The van der Waals surface area contributed by atoms with Gasteiger partial charge in [-0.3, -0.25) is 0 Å². The van der Waals surface area contributed by atoms with Gasteiger partial charge in [-0.25, -0.2) is 0 Å². The van der Waals surface area contributed by atoms with Crippen LogP contribution in [0.4, 0.5) is 5.69 Å². The van der Waals surface area contributed by atoms with Crippen molar-refractivity contribution in [2.24, 2.45) is 0 Å². The molecular formula is C13H15N3O2. The van der Waals surface area contributed by atoms with E-state index in [-0.39, 0.29) is 6.10 Å². The minimum Gasteiger partial charge on any atom is -0.423 e. The smallest absolute Gasteiger partial charge is 0.247 e. The van der Waals surface area contributed by atoms with Crippen molar-refractivity contribution in [1.82, 2.24) is 10.2 Å². The maximum absolute atomic E-state index is 5.52. The number of hydrogen-bond donors (Lipinski definition) is 1. The van der Waals surface area contributed by atoms with Crippen molar-refractivity contribution in [3.63, 3.8) is 0 Å². The van der Waals surface area contributed by atoms with Gasteiger partial charge in [0, 0.05) is 17.9 Å². The second kappa shape index (κ2) is 4.78. The molecule has 0 radical (unpaired) electrons. The maximum Gasteiger partial charge on any atom is 0.247 e. The fourth-order valence-electron chi connectivity index (χ4n) is 2.14. The van der Waals surface area contributed by atoms with Gasteiger partial charge in [-0.15, -0.1) is 10.2 Å². The number of hydrogen-bond acceptors (Lipinski definition) is 5. The minimum absolute atomic E-state index is 0.264. The van der Waals surface area contributed by atoms with Crippen LogP contribution in [0.25, 0.3) is 11.5 Å². The van der Waals surface area contributed by atoms with Crippen LogP contribution in [0, 0.1) is 0 Å². The molecular weight excluding hydrogens is 230 g/mol. The molecule has 1 N–H and O–H groups in total. The lowest BCUT2D eigenvalue weighted by Gasteiger charge is -2.17. The lowest BCUT2D eigenvalue weighted by molar-refractivity contribution is 0.121. The number of benzene rings is 1. The normalized spacial score (nSPS) is 23.2. The van der Waals surface area contributed by atoms with Crippen molar-refractivity contribution in [2.75, 3.05) is 11.9 Å². The van der Waals surface area contributed by atoms with E-state index in [1.807, 2.05) is 24.3 Å². The van der Waals surface area contributed by atoms with E-state index in [1.165, 1.54) is 6.39 Å². The van der Waals surface area contributed by atoms with Gasteiger partial charge in [0.2, 0.25) is 12.3 Å². The highest BCUT2D eigenvalue weighted by Crippen LogP contribution is 2.22. The molecule has 1 aliphatic heterocycles. The zero-order chi connectivity index (χ0) is 12.4. The summed E-state index contributed by atoms with van der Waals surface area (Å²) >= 11 is 0. The summed E-state index contributed by atoms with van der Waals surface area (Å²) < 4.78 is 10.7. The minimum atomic E-state index is 0.264. The fraction of sp³-hybridized carbons (Fsp3) is 0.385. The van der Waals surface area contributed by atoms with Crippen LogP contribution in [0.15, 0.2) is 35.1 Å². The van der Waals surface area contributed by atoms with Crippen molar-refractivity contribution < 1.29 is 9.15 Å². The number of ether oxygens (including phenoxy) is 1. The molecule has 0 bridgehead atoms. The molecule has 2 heterocycles. The molecule has 1 aliphatic rings. The van der Waals surface area contributed by atoms with E-state index in [9.17, 15) is 0 Å². The average molecular weight is 245 g/mol. The average Bonchev–Trinajstić information content (AvgIpc) is 3.03. The lowest BCUT2D eigenvalue weighted by atomic mass is 10.1. The Balaban J connectivity index is 1.71. The van der Waals surface area contributed by atoms with Crippen LogP contribution in [-0.4, -0.2) is 29.0 Å². The van der Waals surface area contributed by atoms with E-state index in [2.05, 4.69) is 22.4 Å². The van der Waals surface area contributed by atoms with Crippen molar-refractivity contribution in [1.29, 1.82) is 0 Å². The maximum atomic E-state index is 5.52. The second-order valence-corrected chi connectivity index (χ2v) is 4.44. The molecule has 2 aromatic rings. The van der Waals surface area contributed by atoms with E-state index in [0.717, 1.165) is 24.3 Å². The molecule has 1 aromatic heterocycles. The highest BCUT2D eigenvalue weighted by atomic mass is 16.5. The highest BCUT2D eigenvalue weighted by molar-refractivity contribution is 5.58. The van der Waals surface area contributed by atoms with E-state index < -0.39 is 0 Å².